The number of nitrogens with one attached hydrogen (secondary N) is 1. The van der Waals surface area contributed by atoms with Crippen LogP contribution in [-0.2, 0) is 4.79 Å². The number of carbonyl (C=O) groups excluding carboxylic acids is 2. The summed E-state index contributed by atoms with van der Waals surface area (Å²) in [6.45, 7) is 4.74. The maximum Gasteiger partial charge on any atom is 0.318 e. The molecule has 2 rings (SSSR count). The molecule has 0 aliphatic carbocycles. The fraction of sp³-hybridized carbons (Fsp3) is 0.529. The number of nitrogens with zero attached hydrogens (tertiary/aromatic N) is 2. The molecule has 5 heteroatoms. The molecular formula is C17H25N3O2. The molecule has 0 saturated carbocycles. The minimum Gasteiger partial charge on any atom is -0.326 e. The third kappa shape index (κ3) is 3.59. The van der Waals surface area contributed by atoms with Crippen molar-refractivity contribution < 1.29 is 9.59 Å². The number of carbonyl (C=O) groups is 2. The molecule has 0 aromatic heterocycles. The van der Waals surface area contributed by atoms with E-state index in [0.29, 0.717) is 13.0 Å². The topological polar surface area (TPSA) is 52.7 Å². The molecule has 0 spiro atoms. The molecule has 2 atom stereocenters. The van der Waals surface area contributed by atoms with E-state index in [0.717, 1.165) is 18.5 Å². The third-order valence-electron chi connectivity index (χ3n) is 4.38. The molecule has 1 aromatic carbocycles. The van der Waals surface area contributed by atoms with Crippen LogP contribution < -0.4 is 10.2 Å². The van der Waals surface area contributed by atoms with Gasteiger partial charge in [-0.1, -0.05) is 25.1 Å². The van der Waals surface area contributed by atoms with Crippen LogP contribution in [0.15, 0.2) is 30.3 Å². The van der Waals surface area contributed by atoms with Crippen molar-refractivity contribution >= 4 is 17.6 Å². The highest BCUT2D eigenvalue weighted by Crippen LogP contribution is 2.20. The van der Waals surface area contributed by atoms with Gasteiger partial charge in [-0.25, -0.2) is 4.79 Å². The number of para-hydroxylation sites is 1. The van der Waals surface area contributed by atoms with Crippen LogP contribution in [0.1, 0.15) is 33.1 Å². The van der Waals surface area contributed by atoms with Crippen molar-refractivity contribution in [3.63, 3.8) is 0 Å². The SMILES string of the molecule is CCC(C)N(C)C(=O)NC1CCCN(c2ccccc2)C1=O. The molecular weight excluding hydrogens is 278 g/mol. The molecule has 0 radical (unpaired) electrons. The molecule has 5 nitrogen and oxygen atoms in total. The van der Waals surface area contributed by atoms with Crippen molar-refractivity contribution in [3.05, 3.63) is 30.3 Å². The average Bonchev–Trinajstić information content (AvgIpc) is 2.56. The van der Waals surface area contributed by atoms with Crippen LogP contribution in [0.25, 0.3) is 0 Å². The van der Waals surface area contributed by atoms with Crippen molar-refractivity contribution in [1.82, 2.24) is 10.2 Å². The van der Waals surface area contributed by atoms with E-state index in [-0.39, 0.29) is 18.0 Å². The Labute approximate surface area is 132 Å². The number of urea groups is 1. The molecule has 22 heavy (non-hydrogen) atoms. The van der Waals surface area contributed by atoms with Gasteiger partial charge in [0, 0.05) is 25.3 Å². The van der Waals surface area contributed by atoms with E-state index in [1.54, 1.807) is 16.8 Å². The van der Waals surface area contributed by atoms with Crippen molar-refractivity contribution in [2.75, 3.05) is 18.5 Å². The van der Waals surface area contributed by atoms with Gasteiger partial charge in [0.2, 0.25) is 5.91 Å². The van der Waals surface area contributed by atoms with Crippen LogP contribution in [0.2, 0.25) is 0 Å². The van der Waals surface area contributed by atoms with E-state index in [1.807, 2.05) is 44.2 Å². The number of piperidine rings is 1. The molecule has 3 amide bonds. The maximum atomic E-state index is 12.6. The summed E-state index contributed by atoms with van der Waals surface area (Å²) in [7, 11) is 1.77. The first-order chi connectivity index (χ1) is 10.5. The first-order valence-corrected chi connectivity index (χ1v) is 7.94. The Morgan fingerprint density at radius 1 is 1.41 bits per heavy atom. The second-order valence-corrected chi connectivity index (χ2v) is 5.84. The van der Waals surface area contributed by atoms with E-state index in [2.05, 4.69) is 5.32 Å². The maximum absolute atomic E-state index is 12.6. The predicted molar refractivity (Wildman–Crippen MR) is 87.9 cm³/mol. The Bertz CT molecular complexity index is 518. The van der Waals surface area contributed by atoms with Crippen molar-refractivity contribution in [2.45, 2.75) is 45.2 Å². The Morgan fingerprint density at radius 2 is 2.09 bits per heavy atom. The Balaban J connectivity index is 2.03. The van der Waals surface area contributed by atoms with Crippen LogP contribution in [-0.4, -0.2) is 42.5 Å². The van der Waals surface area contributed by atoms with Gasteiger partial charge in [0.1, 0.15) is 6.04 Å². The van der Waals surface area contributed by atoms with Crippen LogP contribution in [0, 0.1) is 0 Å². The van der Waals surface area contributed by atoms with Crippen molar-refractivity contribution in [3.8, 4) is 0 Å². The molecule has 1 fully saturated rings. The second-order valence-electron chi connectivity index (χ2n) is 5.84. The van der Waals surface area contributed by atoms with E-state index >= 15 is 0 Å². The Morgan fingerprint density at radius 3 is 2.73 bits per heavy atom. The lowest BCUT2D eigenvalue weighted by atomic mass is 10.0. The summed E-state index contributed by atoms with van der Waals surface area (Å²) in [5, 5.41) is 2.88. The number of rotatable bonds is 4. The average molecular weight is 303 g/mol. The van der Waals surface area contributed by atoms with Gasteiger partial charge < -0.3 is 15.1 Å². The highest BCUT2D eigenvalue weighted by Gasteiger charge is 2.31. The van der Waals surface area contributed by atoms with Gasteiger partial charge >= 0.3 is 6.03 Å². The minimum atomic E-state index is -0.437. The summed E-state index contributed by atoms with van der Waals surface area (Å²) in [6, 6.07) is 9.15. The highest BCUT2D eigenvalue weighted by atomic mass is 16.2. The first kappa shape index (κ1) is 16.3. The summed E-state index contributed by atoms with van der Waals surface area (Å²) in [5.74, 6) is -0.0247. The van der Waals surface area contributed by atoms with E-state index in [9.17, 15) is 9.59 Å². The molecule has 1 heterocycles. The van der Waals surface area contributed by atoms with E-state index in [1.165, 1.54) is 0 Å². The van der Waals surface area contributed by atoms with Gasteiger partial charge in [-0.15, -0.1) is 0 Å². The van der Waals surface area contributed by atoms with Gasteiger partial charge in [-0.3, -0.25) is 4.79 Å². The largest absolute Gasteiger partial charge is 0.326 e. The standard InChI is InChI=1S/C17H25N3O2/c1-4-13(2)19(3)17(22)18-15-11-8-12-20(16(15)21)14-9-6-5-7-10-14/h5-7,9-10,13,15H,4,8,11-12H2,1-3H3,(H,18,22). The molecule has 1 aromatic rings. The van der Waals surface area contributed by atoms with E-state index in [4.69, 9.17) is 0 Å². The Kier molecular flexibility index (Phi) is 5.41. The third-order valence-corrected chi connectivity index (χ3v) is 4.38. The molecule has 1 saturated heterocycles. The molecule has 2 unspecified atom stereocenters. The Hall–Kier alpha value is -2.04. The van der Waals surface area contributed by atoms with Gasteiger partial charge in [0.05, 0.1) is 0 Å². The van der Waals surface area contributed by atoms with Crippen molar-refractivity contribution in [2.24, 2.45) is 0 Å². The highest BCUT2D eigenvalue weighted by molar-refractivity contribution is 5.99. The van der Waals surface area contributed by atoms with Crippen LogP contribution in [0.4, 0.5) is 10.5 Å². The van der Waals surface area contributed by atoms with Gasteiger partial charge in [0.15, 0.2) is 0 Å². The number of hydrogen-bond donors (Lipinski definition) is 1. The smallest absolute Gasteiger partial charge is 0.318 e. The fourth-order valence-corrected chi connectivity index (χ4v) is 2.60. The minimum absolute atomic E-state index is 0.0247. The van der Waals surface area contributed by atoms with E-state index < -0.39 is 6.04 Å². The summed E-state index contributed by atoms with van der Waals surface area (Å²) in [6.07, 6.45) is 2.47. The summed E-state index contributed by atoms with van der Waals surface area (Å²) >= 11 is 0. The lowest BCUT2D eigenvalue weighted by molar-refractivity contribution is -0.121. The molecule has 1 aliphatic heterocycles. The number of benzene rings is 1. The lowest BCUT2D eigenvalue weighted by Gasteiger charge is -2.34. The number of anilines is 1. The van der Waals surface area contributed by atoms with Gasteiger partial charge in [-0.2, -0.15) is 0 Å². The molecule has 0 bridgehead atoms. The number of hydrogen-bond acceptors (Lipinski definition) is 2. The quantitative estimate of drug-likeness (QED) is 0.929. The normalized spacial score (nSPS) is 19.7. The zero-order valence-electron chi connectivity index (χ0n) is 13.6. The van der Waals surface area contributed by atoms with Crippen LogP contribution >= 0.6 is 0 Å². The lowest BCUT2D eigenvalue weighted by Crippen LogP contribution is -2.55. The first-order valence-electron chi connectivity index (χ1n) is 7.94. The van der Waals surface area contributed by atoms with Crippen LogP contribution in [0.5, 0.6) is 0 Å². The van der Waals surface area contributed by atoms with Crippen molar-refractivity contribution in [1.29, 1.82) is 0 Å². The second kappa shape index (κ2) is 7.29. The zero-order chi connectivity index (χ0) is 16.1. The summed E-state index contributed by atoms with van der Waals surface area (Å²) in [4.78, 5) is 28.3. The molecule has 1 aliphatic rings. The number of amides is 3. The summed E-state index contributed by atoms with van der Waals surface area (Å²) in [5.41, 5.74) is 0.890. The van der Waals surface area contributed by atoms with Crippen LogP contribution in [0.3, 0.4) is 0 Å². The van der Waals surface area contributed by atoms with Gasteiger partial charge in [0.25, 0.3) is 0 Å². The molecule has 1 N–H and O–H groups in total. The predicted octanol–water partition coefficient (Wildman–Crippen LogP) is 2.62. The zero-order valence-corrected chi connectivity index (χ0v) is 13.6. The van der Waals surface area contributed by atoms with Gasteiger partial charge in [-0.05, 0) is 38.3 Å². The monoisotopic (exact) mass is 303 g/mol. The molecule has 120 valence electrons. The summed E-state index contributed by atoms with van der Waals surface area (Å²) < 4.78 is 0. The fourth-order valence-electron chi connectivity index (χ4n) is 2.60.